The van der Waals surface area contributed by atoms with E-state index in [4.69, 9.17) is 0 Å². The summed E-state index contributed by atoms with van der Waals surface area (Å²) in [6.07, 6.45) is 2.43. The largest absolute Gasteiger partial charge is 0.276 e. The van der Waals surface area contributed by atoms with Gasteiger partial charge in [-0.25, -0.2) is 0 Å². The summed E-state index contributed by atoms with van der Waals surface area (Å²) < 4.78 is 8.01. The smallest absolute Gasteiger partial charge is 0.240 e. The van der Waals surface area contributed by atoms with Gasteiger partial charge in [-0.2, -0.15) is 8.75 Å². The number of aromatic nitrogens is 2. The lowest BCUT2D eigenvalue weighted by atomic mass is 9.76. The van der Waals surface area contributed by atoms with Crippen LogP contribution in [0.25, 0.3) is 0 Å². The van der Waals surface area contributed by atoms with Crippen molar-refractivity contribution in [3.8, 4) is 0 Å². The summed E-state index contributed by atoms with van der Waals surface area (Å²) in [5.41, 5.74) is 1.96. The number of imide groups is 1. The molecule has 0 bridgehead atoms. The van der Waals surface area contributed by atoms with Crippen LogP contribution in [0.15, 0.2) is 30.5 Å². The Labute approximate surface area is 133 Å². The quantitative estimate of drug-likeness (QED) is 0.813. The Morgan fingerprint density at radius 1 is 1.27 bits per heavy atom. The number of carbonyl (C=O) groups is 2. The topological polar surface area (TPSA) is 63.2 Å². The van der Waals surface area contributed by atoms with Crippen molar-refractivity contribution in [1.82, 2.24) is 13.6 Å². The minimum atomic E-state index is -0.742. The Balaban J connectivity index is 1.94. The fraction of sp³-hybridized carbons (Fsp3) is 0.375. The van der Waals surface area contributed by atoms with E-state index in [-0.39, 0.29) is 24.8 Å². The molecule has 1 atom stereocenters. The molecule has 3 rings (SSSR count). The lowest BCUT2D eigenvalue weighted by molar-refractivity contribution is -0.140. The van der Waals surface area contributed by atoms with Crippen LogP contribution in [0.1, 0.15) is 36.6 Å². The Bertz CT molecular complexity index is 697. The van der Waals surface area contributed by atoms with Crippen LogP contribution in [0, 0.1) is 6.92 Å². The predicted octanol–water partition coefficient (Wildman–Crippen LogP) is 2.45. The van der Waals surface area contributed by atoms with Crippen molar-refractivity contribution in [2.45, 2.75) is 38.6 Å². The Kier molecular flexibility index (Phi) is 3.78. The molecular weight excluding hydrogens is 298 g/mol. The van der Waals surface area contributed by atoms with Gasteiger partial charge in [0, 0.05) is 6.42 Å². The second-order valence-electron chi connectivity index (χ2n) is 5.66. The predicted molar refractivity (Wildman–Crippen MR) is 83.2 cm³/mol. The number of hydrogen-bond acceptors (Lipinski definition) is 5. The monoisotopic (exact) mass is 315 g/mol. The summed E-state index contributed by atoms with van der Waals surface area (Å²) in [4.78, 5) is 26.6. The third-order valence-corrected chi connectivity index (χ3v) is 4.86. The Morgan fingerprint density at radius 3 is 2.59 bits per heavy atom. The molecule has 0 spiro atoms. The van der Waals surface area contributed by atoms with Crippen LogP contribution in [-0.4, -0.2) is 25.5 Å². The first-order valence-electron chi connectivity index (χ1n) is 7.25. The second kappa shape index (κ2) is 5.61. The van der Waals surface area contributed by atoms with Crippen molar-refractivity contribution in [2.75, 3.05) is 0 Å². The van der Waals surface area contributed by atoms with E-state index in [1.807, 2.05) is 38.1 Å². The number of amides is 2. The van der Waals surface area contributed by atoms with Crippen LogP contribution < -0.4 is 0 Å². The molecule has 0 radical (unpaired) electrons. The molecule has 5 nitrogen and oxygen atoms in total. The van der Waals surface area contributed by atoms with Crippen LogP contribution in [0.5, 0.6) is 0 Å². The Hall–Kier alpha value is -2.08. The lowest BCUT2D eigenvalue weighted by Crippen LogP contribution is -2.37. The van der Waals surface area contributed by atoms with Crippen molar-refractivity contribution in [2.24, 2.45) is 0 Å². The number of hydrogen-bond donors (Lipinski definition) is 0. The van der Waals surface area contributed by atoms with Crippen molar-refractivity contribution in [3.05, 3.63) is 47.3 Å². The number of nitrogens with zero attached hydrogens (tertiary/aromatic N) is 3. The molecule has 1 fully saturated rings. The average molecular weight is 315 g/mol. The molecule has 1 unspecified atom stereocenters. The number of likely N-dealkylation sites (tertiary alicyclic amines) is 1. The normalized spacial score (nSPS) is 21.6. The van der Waals surface area contributed by atoms with E-state index >= 15 is 0 Å². The maximum Gasteiger partial charge on any atom is 0.240 e. The highest BCUT2D eigenvalue weighted by molar-refractivity contribution is 6.99. The van der Waals surface area contributed by atoms with Gasteiger partial charge in [0.25, 0.3) is 0 Å². The van der Waals surface area contributed by atoms with E-state index in [0.29, 0.717) is 12.1 Å². The molecule has 0 saturated carbocycles. The molecule has 0 N–H and O–H groups in total. The summed E-state index contributed by atoms with van der Waals surface area (Å²) in [6, 6.07) is 7.88. The molecule has 1 aliphatic heterocycles. The molecule has 2 aromatic rings. The molecule has 1 saturated heterocycles. The van der Waals surface area contributed by atoms with Crippen molar-refractivity contribution < 1.29 is 9.59 Å². The number of aryl methyl sites for hydroxylation is 1. The van der Waals surface area contributed by atoms with Crippen molar-refractivity contribution in [3.63, 3.8) is 0 Å². The van der Waals surface area contributed by atoms with E-state index in [9.17, 15) is 9.59 Å². The fourth-order valence-corrected chi connectivity index (χ4v) is 3.38. The molecule has 114 valence electrons. The fourth-order valence-electron chi connectivity index (χ4n) is 2.95. The van der Waals surface area contributed by atoms with Crippen molar-refractivity contribution >= 4 is 23.5 Å². The van der Waals surface area contributed by atoms with Gasteiger partial charge in [0.2, 0.25) is 11.8 Å². The standard InChI is InChI=1S/C16H17N3O2S/c1-3-16(12-6-4-11(2)5-7-12)8-14(20)19(15(16)21)10-13-9-17-22-18-13/h4-7,9H,3,8,10H2,1-2H3. The maximum atomic E-state index is 12.9. The van der Waals surface area contributed by atoms with E-state index in [0.717, 1.165) is 22.9 Å². The lowest BCUT2D eigenvalue weighted by Gasteiger charge is -2.26. The minimum Gasteiger partial charge on any atom is -0.276 e. The van der Waals surface area contributed by atoms with Gasteiger partial charge in [-0.05, 0) is 18.9 Å². The van der Waals surface area contributed by atoms with Gasteiger partial charge < -0.3 is 0 Å². The van der Waals surface area contributed by atoms with Crippen LogP contribution in [0.2, 0.25) is 0 Å². The molecule has 1 aromatic heterocycles. The summed E-state index contributed by atoms with van der Waals surface area (Å²) in [5.74, 6) is -0.266. The molecule has 2 heterocycles. The van der Waals surface area contributed by atoms with Gasteiger partial charge >= 0.3 is 0 Å². The van der Waals surface area contributed by atoms with Gasteiger partial charge in [-0.1, -0.05) is 36.8 Å². The van der Waals surface area contributed by atoms with Gasteiger partial charge in [-0.15, -0.1) is 0 Å². The van der Waals surface area contributed by atoms with Gasteiger partial charge in [0.05, 0.1) is 35.6 Å². The average Bonchev–Trinajstić information content (AvgIpc) is 3.11. The molecule has 6 heteroatoms. The highest BCUT2D eigenvalue weighted by atomic mass is 32.1. The van der Waals surface area contributed by atoms with Gasteiger partial charge in [-0.3, -0.25) is 14.5 Å². The van der Waals surface area contributed by atoms with E-state index < -0.39 is 5.41 Å². The van der Waals surface area contributed by atoms with Gasteiger partial charge in [0.15, 0.2) is 0 Å². The van der Waals surface area contributed by atoms with Crippen molar-refractivity contribution in [1.29, 1.82) is 0 Å². The minimum absolute atomic E-state index is 0.128. The zero-order valence-corrected chi connectivity index (χ0v) is 13.4. The molecule has 2 amide bonds. The summed E-state index contributed by atoms with van der Waals surface area (Å²) in [5, 5.41) is 0. The summed E-state index contributed by atoms with van der Waals surface area (Å²) in [6.45, 7) is 4.17. The second-order valence-corrected chi connectivity index (χ2v) is 6.22. The molecule has 1 aromatic carbocycles. The Morgan fingerprint density at radius 2 is 2.00 bits per heavy atom. The third kappa shape index (κ3) is 2.33. The molecule has 1 aliphatic rings. The number of carbonyl (C=O) groups excluding carboxylic acids is 2. The summed E-state index contributed by atoms with van der Waals surface area (Å²) in [7, 11) is 0. The third-order valence-electron chi connectivity index (χ3n) is 4.34. The van der Waals surface area contributed by atoms with E-state index in [1.165, 1.54) is 4.90 Å². The molecule has 22 heavy (non-hydrogen) atoms. The SMILES string of the molecule is CCC1(c2ccc(C)cc2)CC(=O)N(Cc2cnsn2)C1=O. The highest BCUT2D eigenvalue weighted by Crippen LogP contribution is 2.40. The zero-order chi connectivity index (χ0) is 15.7. The van der Waals surface area contributed by atoms with Crippen LogP contribution in [0.4, 0.5) is 0 Å². The molecular formula is C16H17N3O2S. The highest BCUT2D eigenvalue weighted by Gasteiger charge is 2.51. The first-order chi connectivity index (χ1) is 10.6. The first kappa shape index (κ1) is 14.8. The van der Waals surface area contributed by atoms with Crippen LogP contribution in [-0.2, 0) is 21.5 Å². The van der Waals surface area contributed by atoms with Crippen LogP contribution >= 0.6 is 11.7 Å². The first-order valence-corrected chi connectivity index (χ1v) is 7.98. The number of benzene rings is 1. The molecule has 0 aliphatic carbocycles. The van der Waals surface area contributed by atoms with Gasteiger partial charge in [0.1, 0.15) is 0 Å². The van der Waals surface area contributed by atoms with E-state index in [2.05, 4.69) is 8.75 Å². The maximum absolute atomic E-state index is 12.9. The summed E-state index contributed by atoms with van der Waals surface area (Å²) >= 11 is 1.08. The van der Waals surface area contributed by atoms with E-state index in [1.54, 1.807) is 6.20 Å². The van der Waals surface area contributed by atoms with Crippen LogP contribution in [0.3, 0.4) is 0 Å². The zero-order valence-electron chi connectivity index (χ0n) is 12.6. The number of rotatable bonds is 4.